The number of carboxylic acids is 1. The summed E-state index contributed by atoms with van der Waals surface area (Å²) < 4.78 is 11.4. The molecular formula is C43H45N3O11. The predicted octanol–water partition coefficient (Wildman–Crippen LogP) is 3.36. The van der Waals surface area contributed by atoms with Gasteiger partial charge in [-0.2, -0.15) is 0 Å². The van der Waals surface area contributed by atoms with Gasteiger partial charge in [0, 0.05) is 41.7 Å². The topological polar surface area (TPSA) is 222 Å². The third kappa shape index (κ3) is 6.51. The Morgan fingerprint density at radius 1 is 0.947 bits per heavy atom. The van der Waals surface area contributed by atoms with Crippen LogP contribution >= 0.6 is 0 Å². The fraction of sp³-hybridized carbons (Fsp3) is 0.395. The number of carboxylic acid groups (broad SMARTS) is 1. The summed E-state index contributed by atoms with van der Waals surface area (Å²) in [6.07, 6.45) is 4.57. The van der Waals surface area contributed by atoms with E-state index in [0.29, 0.717) is 35.5 Å². The smallest absolute Gasteiger partial charge is 0.334 e. The Kier molecular flexibility index (Phi) is 10.2. The van der Waals surface area contributed by atoms with Crippen molar-refractivity contribution in [3.05, 3.63) is 101 Å². The summed E-state index contributed by atoms with van der Waals surface area (Å²) in [6, 6.07) is 17.6. The largest absolute Gasteiger partial charge is 0.508 e. The highest BCUT2D eigenvalue weighted by Gasteiger charge is 2.65. The molecule has 1 saturated heterocycles. The number of aromatic hydroxyl groups is 2. The molecule has 14 nitrogen and oxygen atoms in total. The molecule has 3 heterocycles. The molecule has 3 aromatic rings. The van der Waals surface area contributed by atoms with Gasteiger partial charge in [-0.3, -0.25) is 19.7 Å². The maximum absolute atomic E-state index is 14.7. The van der Waals surface area contributed by atoms with Crippen LogP contribution in [-0.4, -0.2) is 109 Å². The van der Waals surface area contributed by atoms with Gasteiger partial charge in [-0.15, -0.1) is 0 Å². The number of aliphatic carboxylic acids is 1. The third-order valence-electron chi connectivity index (χ3n) is 12.3. The number of phenols is 2. The van der Waals surface area contributed by atoms with E-state index in [4.69, 9.17) is 9.47 Å². The molecule has 0 spiro atoms. The van der Waals surface area contributed by atoms with Crippen molar-refractivity contribution in [2.75, 3.05) is 18.2 Å². The highest BCUT2D eigenvalue weighted by molar-refractivity contribution is 6.32. The van der Waals surface area contributed by atoms with Gasteiger partial charge < -0.3 is 45.2 Å². The van der Waals surface area contributed by atoms with E-state index in [1.807, 2.05) is 24.3 Å². The van der Waals surface area contributed by atoms with E-state index in [1.165, 1.54) is 35.3 Å². The number of carbonyl (C=O) groups is 2. The van der Waals surface area contributed by atoms with E-state index in [-0.39, 0.29) is 17.2 Å². The molecule has 3 aliphatic heterocycles. The van der Waals surface area contributed by atoms with E-state index in [2.05, 4.69) is 22.1 Å². The fourth-order valence-corrected chi connectivity index (χ4v) is 9.56. The van der Waals surface area contributed by atoms with Crippen LogP contribution in [0.25, 0.3) is 6.08 Å². The summed E-state index contributed by atoms with van der Waals surface area (Å²) in [7, 11) is 0. The number of phenolic OH excluding ortho intramolecular Hbond substituents is 2. The number of anilines is 1. The summed E-state index contributed by atoms with van der Waals surface area (Å²) in [6.45, 7) is -0.385. The molecule has 5 aliphatic rings. The fourth-order valence-electron chi connectivity index (χ4n) is 9.56. The average Bonchev–Trinajstić information content (AvgIpc) is 3.95. The van der Waals surface area contributed by atoms with Crippen molar-refractivity contribution in [1.82, 2.24) is 0 Å². The maximum Gasteiger partial charge on any atom is 0.334 e. The Morgan fingerprint density at radius 3 is 2.42 bits per heavy atom. The van der Waals surface area contributed by atoms with Crippen molar-refractivity contribution in [2.24, 2.45) is 15.9 Å². The van der Waals surface area contributed by atoms with Gasteiger partial charge in [0.15, 0.2) is 17.0 Å². The number of aliphatic hydroxyl groups excluding tert-OH is 4. The Balaban J connectivity index is 1.23. The lowest BCUT2D eigenvalue weighted by atomic mass is 9.57. The molecule has 57 heavy (non-hydrogen) atoms. The van der Waals surface area contributed by atoms with Crippen molar-refractivity contribution in [3.8, 4) is 17.2 Å². The molecule has 14 heteroatoms. The molecule has 0 unspecified atom stereocenters. The number of aliphatic hydroxyl groups is 4. The second kappa shape index (κ2) is 15.2. The van der Waals surface area contributed by atoms with Gasteiger partial charge in [-0.05, 0) is 59.7 Å². The van der Waals surface area contributed by atoms with E-state index in [1.54, 1.807) is 24.4 Å². The van der Waals surface area contributed by atoms with Crippen molar-refractivity contribution >= 4 is 35.6 Å². The number of rotatable bonds is 10. The lowest BCUT2D eigenvalue weighted by Crippen LogP contribution is -2.60. The van der Waals surface area contributed by atoms with Crippen LogP contribution < -0.4 is 9.64 Å². The molecule has 7 N–H and O–H groups in total. The Hall–Kier alpha value is -5.38. The predicted molar refractivity (Wildman–Crippen MR) is 209 cm³/mol. The van der Waals surface area contributed by atoms with Gasteiger partial charge >= 0.3 is 5.97 Å². The van der Waals surface area contributed by atoms with Crippen molar-refractivity contribution in [1.29, 1.82) is 0 Å². The van der Waals surface area contributed by atoms with E-state index < -0.39 is 77.7 Å². The van der Waals surface area contributed by atoms with Crippen LogP contribution in [0.4, 0.5) is 5.69 Å². The number of aliphatic imine (C=N–C) groups is 2. The van der Waals surface area contributed by atoms with Gasteiger partial charge in [0.25, 0.3) is 5.91 Å². The van der Waals surface area contributed by atoms with E-state index >= 15 is 0 Å². The van der Waals surface area contributed by atoms with Crippen molar-refractivity contribution in [3.63, 3.8) is 0 Å². The lowest BCUT2D eigenvalue weighted by molar-refractivity contribution is -0.277. The number of benzene rings is 3. The first-order valence-corrected chi connectivity index (χ1v) is 19.2. The Bertz CT molecular complexity index is 2160. The lowest BCUT2D eigenvalue weighted by Gasteiger charge is -2.46. The van der Waals surface area contributed by atoms with Crippen LogP contribution in [0.3, 0.4) is 0 Å². The first-order valence-electron chi connectivity index (χ1n) is 19.2. The SMILES string of the molecule is O=C(C=Cc1ccc(O)c(CC2=NCN=C2)c1)N1c2cc(O[C@H]3O[C@H](CO)[C@@H](O)[C@H](O)[C@H]3O)c(O)cc2[C@H]2[C@@H](C3(c4ccccc4)CCCCC3)C=C[C@@]21C(=O)O. The van der Waals surface area contributed by atoms with Crippen LogP contribution in [0, 0.1) is 5.92 Å². The molecule has 2 fully saturated rings. The van der Waals surface area contributed by atoms with Gasteiger partial charge in [0.05, 0.1) is 18.0 Å². The summed E-state index contributed by atoms with van der Waals surface area (Å²) >= 11 is 0. The minimum Gasteiger partial charge on any atom is -0.508 e. The van der Waals surface area contributed by atoms with Crippen molar-refractivity contribution in [2.45, 2.75) is 86.1 Å². The molecule has 1 saturated carbocycles. The minimum absolute atomic E-state index is 0.0477. The number of carbonyl (C=O) groups excluding carboxylic acids is 1. The van der Waals surface area contributed by atoms with E-state index in [0.717, 1.165) is 37.7 Å². The molecule has 0 aromatic heterocycles. The van der Waals surface area contributed by atoms with Gasteiger partial charge in [0.1, 0.15) is 36.8 Å². The van der Waals surface area contributed by atoms with Crippen LogP contribution in [0.2, 0.25) is 0 Å². The van der Waals surface area contributed by atoms with Gasteiger partial charge in [-0.1, -0.05) is 67.8 Å². The zero-order chi connectivity index (χ0) is 40.1. The van der Waals surface area contributed by atoms with Crippen LogP contribution in [-0.2, 0) is 26.2 Å². The first-order chi connectivity index (χ1) is 27.5. The minimum atomic E-state index is -1.93. The van der Waals surface area contributed by atoms with Crippen LogP contribution in [0.15, 0.2) is 88.9 Å². The maximum atomic E-state index is 14.7. The molecule has 0 bridgehead atoms. The molecular weight excluding hydrogens is 734 g/mol. The number of ether oxygens (including phenoxy) is 2. The molecule has 298 valence electrons. The molecule has 1 amide bonds. The molecule has 3 aromatic carbocycles. The second-order valence-corrected chi connectivity index (χ2v) is 15.4. The number of amides is 1. The zero-order valence-electron chi connectivity index (χ0n) is 31.0. The monoisotopic (exact) mass is 779 g/mol. The molecule has 0 radical (unpaired) electrons. The molecule has 8 atom stereocenters. The van der Waals surface area contributed by atoms with Gasteiger partial charge in [0.2, 0.25) is 6.29 Å². The van der Waals surface area contributed by atoms with E-state index in [9.17, 15) is 45.3 Å². The zero-order valence-corrected chi connectivity index (χ0v) is 31.0. The van der Waals surface area contributed by atoms with Crippen molar-refractivity contribution < 1.29 is 54.8 Å². The average molecular weight is 780 g/mol. The first kappa shape index (κ1) is 38.5. The van der Waals surface area contributed by atoms with Gasteiger partial charge in [-0.25, -0.2) is 4.79 Å². The normalized spacial score (nSPS) is 30.0. The summed E-state index contributed by atoms with van der Waals surface area (Å²) in [5.41, 5.74) is 1.03. The number of allylic oxidation sites excluding steroid dienone is 1. The highest BCUT2D eigenvalue weighted by Crippen LogP contribution is 2.64. The summed E-state index contributed by atoms with van der Waals surface area (Å²) in [4.78, 5) is 38.2. The molecule has 8 rings (SSSR count). The Morgan fingerprint density at radius 2 is 1.72 bits per heavy atom. The highest BCUT2D eigenvalue weighted by atomic mass is 16.7. The summed E-state index contributed by atoms with van der Waals surface area (Å²) in [5.74, 6) is -3.90. The summed E-state index contributed by atoms with van der Waals surface area (Å²) in [5, 5.41) is 74.7. The standard InChI is InChI=1S/C43H45N3O11/c47-22-34-37(51)38(52)39(53)40(57-34)56-33-20-30-28(19-32(33)49)36-29(42(14-5-2-6-15-42)26-7-3-1-4-8-26)13-16-43(36,41(54)55)46(30)35(50)12-10-24-9-11-31(48)25(17-24)18-27-21-44-23-45-27/h1,3-4,7-13,16-17,19-21,29,34,36-40,47-49,51-53H,2,5-6,14-15,18,22-23H2,(H,54,55)/t29-,34+,36-,37+,38-,39+,40-,43-/m0/s1. The third-order valence-corrected chi connectivity index (χ3v) is 12.3. The number of hydrogen-bond donors (Lipinski definition) is 7. The Labute approximate surface area is 328 Å². The number of fused-ring (bicyclic) bond motifs is 3. The number of nitrogens with zero attached hydrogens (tertiary/aromatic N) is 3. The second-order valence-electron chi connectivity index (χ2n) is 15.4. The quantitative estimate of drug-likeness (QED) is 0.117. The molecule has 2 aliphatic carbocycles. The van der Waals surface area contributed by atoms with Crippen LogP contribution in [0.5, 0.6) is 17.2 Å². The number of hydrogen-bond acceptors (Lipinski definition) is 12. The van der Waals surface area contributed by atoms with Crippen LogP contribution in [0.1, 0.15) is 60.3 Å².